The second kappa shape index (κ2) is 9.77. The van der Waals surface area contributed by atoms with Crippen LogP contribution < -0.4 is 9.47 Å². The predicted octanol–water partition coefficient (Wildman–Crippen LogP) is 4.40. The van der Waals surface area contributed by atoms with Crippen molar-refractivity contribution >= 4 is 51.4 Å². The lowest BCUT2D eigenvalue weighted by Gasteiger charge is -2.13. The van der Waals surface area contributed by atoms with Gasteiger partial charge in [0.2, 0.25) is 5.90 Å². The number of carbonyl (C=O) groups excluding carboxylic acids is 2. The Kier molecular flexibility index (Phi) is 7.12. The SMILES string of the molecule is CCOc1cc(/C=C2\N=C(c3ccc(Br)cc3)OC2=O)cc(Cl)c1OCC(=O)OC. The molecule has 0 spiro atoms. The number of halogens is 2. The molecule has 2 aromatic rings. The van der Waals surface area contributed by atoms with E-state index >= 15 is 0 Å². The summed E-state index contributed by atoms with van der Waals surface area (Å²) in [7, 11) is 1.26. The molecule has 0 aromatic heterocycles. The van der Waals surface area contributed by atoms with Crippen molar-refractivity contribution in [1.82, 2.24) is 0 Å². The first-order valence-corrected chi connectivity index (χ1v) is 10.0. The van der Waals surface area contributed by atoms with Crippen LogP contribution in [0.15, 0.2) is 51.6 Å². The Morgan fingerprint density at radius 3 is 2.63 bits per heavy atom. The second-order valence-corrected chi connectivity index (χ2v) is 7.29. The molecule has 0 aliphatic carbocycles. The summed E-state index contributed by atoms with van der Waals surface area (Å²) in [5.74, 6) is -0.382. The van der Waals surface area contributed by atoms with Crippen LogP contribution in [0.4, 0.5) is 0 Å². The Morgan fingerprint density at radius 1 is 1.23 bits per heavy atom. The van der Waals surface area contributed by atoms with Crippen LogP contribution in [0.1, 0.15) is 18.1 Å². The van der Waals surface area contributed by atoms with E-state index in [1.807, 2.05) is 12.1 Å². The highest BCUT2D eigenvalue weighted by Gasteiger charge is 2.24. The van der Waals surface area contributed by atoms with E-state index < -0.39 is 11.9 Å². The zero-order chi connectivity index (χ0) is 21.7. The normalized spacial score (nSPS) is 14.3. The standard InChI is InChI=1S/C21H17BrClNO6/c1-3-28-17-10-12(8-15(23)19(17)29-11-18(25)27-2)9-16-21(26)30-20(24-16)13-4-6-14(22)7-5-13/h4-10H,3,11H2,1-2H3/b16-9-. The summed E-state index contributed by atoms with van der Waals surface area (Å²) in [5, 5.41) is 0.208. The number of ether oxygens (including phenoxy) is 4. The largest absolute Gasteiger partial charge is 0.490 e. The lowest BCUT2D eigenvalue weighted by molar-refractivity contribution is -0.143. The molecule has 1 aliphatic heterocycles. The first-order valence-electron chi connectivity index (χ1n) is 8.85. The van der Waals surface area contributed by atoms with E-state index in [1.165, 1.54) is 13.2 Å². The molecular weight excluding hydrogens is 478 g/mol. The van der Waals surface area contributed by atoms with Crippen molar-refractivity contribution < 1.29 is 28.5 Å². The smallest absolute Gasteiger partial charge is 0.363 e. The summed E-state index contributed by atoms with van der Waals surface area (Å²) in [6, 6.07) is 10.4. The fourth-order valence-electron chi connectivity index (χ4n) is 2.55. The minimum absolute atomic E-state index is 0.120. The molecule has 0 radical (unpaired) electrons. The fraction of sp³-hybridized carbons (Fsp3) is 0.190. The number of aliphatic imine (C=N–C) groups is 1. The first-order chi connectivity index (χ1) is 14.4. The van der Waals surface area contributed by atoms with Crippen LogP contribution in [0.25, 0.3) is 6.08 Å². The molecule has 7 nitrogen and oxygen atoms in total. The molecule has 2 aromatic carbocycles. The number of nitrogens with zero attached hydrogens (tertiary/aromatic N) is 1. The molecule has 0 saturated carbocycles. The van der Waals surface area contributed by atoms with Gasteiger partial charge in [0.05, 0.1) is 18.7 Å². The molecule has 0 fully saturated rings. The third kappa shape index (κ3) is 5.20. The van der Waals surface area contributed by atoms with E-state index in [0.29, 0.717) is 23.5 Å². The maximum absolute atomic E-state index is 12.2. The lowest BCUT2D eigenvalue weighted by atomic mass is 10.1. The van der Waals surface area contributed by atoms with Crippen LogP contribution in [-0.4, -0.2) is 38.2 Å². The van der Waals surface area contributed by atoms with Gasteiger partial charge < -0.3 is 18.9 Å². The van der Waals surface area contributed by atoms with Gasteiger partial charge in [0.25, 0.3) is 0 Å². The van der Waals surface area contributed by atoms with Gasteiger partial charge in [0, 0.05) is 10.0 Å². The molecule has 9 heteroatoms. The van der Waals surface area contributed by atoms with Crippen molar-refractivity contribution in [2.45, 2.75) is 6.92 Å². The number of cyclic esters (lactones) is 1. The third-order valence-electron chi connectivity index (χ3n) is 3.91. The Hall–Kier alpha value is -2.84. The van der Waals surface area contributed by atoms with Gasteiger partial charge in [-0.1, -0.05) is 27.5 Å². The zero-order valence-corrected chi connectivity index (χ0v) is 18.5. The molecule has 1 aliphatic rings. The topological polar surface area (TPSA) is 83.4 Å². The Labute approximate surface area is 186 Å². The molecule has 3 rings (SSSR count). The first kappa shape index (κ1) is 21.9. The number of benzene rings is 2. The van der Waals surface area contributed by atoms with Gasteiger partial charge in [0.15, 0.2) is 23.8 Å². The van der Waals surface area contributed by atoms with Crippen LogP contribution in [0.2, 0.25) is 5.02 Å². The average molecular weight is 495 g/mol. The van der Waals surface area contributed by atoms with E-state index in [-0.39, 0.29) is 29.0 Å². The maximum atomic E-state index is 12.2. The molecule has 0 unspecified atom stereocenters. The van der Waals surface area contributed by atoms with E-state index in [9.17, 15) is 9.59 Å². The van der Waals surface area contributed by atoms with Crippen LogP contribution in [0.5, 0.6) is 11.5 Å². The average Bonchev–Trinajstić information content (AvgIpc) is 3.08. The van der Waals surface area contributed by atoms with E-state index in [4.69, 9.17) is 25.8 Å². The highest BCUT2D eigenvalue weighted by Crippen LogP contribution is 2.37. The molecule has 30 heavy (non-hydrogen) atoms. The van der Waals surface area contributed by atoms with Gasteiger partial charge >= 0.3 is 11.9 Å². The Morgan fingerprint density at radius 2 is 1.97 bits per heavy atom. The van der Waals surface area contributed by atoms with Gasteiger partial charge in [-0.15, -0.1) is 0 Å². The van der Waals surface area contributed by atoms with E-state index in [2.05, 4.69) is 25.7 Å². The van der Waals surface area contributed by atoms with Gasteiger partial charge in [-0.25, -0.2) is 14.6 Å². The van der Waals surface area contributed by atoms with Crippen molar-refractivity contribution in [2.24, 2.45) is 4.99 Å². The number of carbonyl (C=O) groups is 2. The fourth-order valence-corrected chi connectivity index (χ4v) is 3.09. The summed E-state index contributed by atoms with van der Waals surface area (Å²) in [5.41, 5.74) is 1.35. The summed E-state index contributed by atoms with van der Waals surface area (Å²) < 4.78 is 21.7. The van der Waals surface area contributed by atoms with Gasteiger partial charge in [-0.3, -0.25) is 0 Å². The van der Waals surface area contributed by atoms with Crippen LogP contribution in [0, 0.1) is 0 Å². The van der Waals surface area contributed by atoms with Gasteiger partial charge in [-0.05, 0) is 55.0 Å². The van der Waals surface area contributed by atoms with Crippen molar-refractivity contribution in [3.63, 3.8) is 0 Å². The van der Waals surface area contributed by atoms with Crippen LogP contribution >= 0.6 is 27.5 Å². The number of hydrogen-bond acceptors (Lipinski definition) is 7. The lowest BCUT2D eigenvalue weighted by Crippen LogP contribution is -2.13. The van der Waals surface area contributed by atoms with Crippen molar-refractivity contribution in [1.29, 1.82) is 0 Å². The molecule has 0 N–H and O–H groups in total. The monoisotopic (exact) mass is 493 g/mol. The minimum atomic E-state index is -0.576. The molecule has 0 bridgehead atoms. The van der Waals surface area contributed by atoms with Crippen molar-refractivity contribution in [2.75, 3.05) is 20.3 Å². The summed E-state index contributed by atoms with van der Waals surface area (Å²) in [4.78, 5) is 27.9. The quantitative estimate of drug-likeness (QED) is 0.419. The second-order valence-electron chi connectivity index (χ2n) is 5.97. The Balaban J connectivity index is 1.91. The third-order valence-corrected chi connectivity index (χ3v) is 4.72. The molecule has 0 amide bonds. The zero-order valence-electron chi connectivity index (χ0n) is 16.1. The summed E-state index contributed by atoms with van der Waals surface area (Å²) in [6.45, 7) is 1.83. The molecule has 156 valence electrons. The molecular formula is C21H17BrClNO6. The summed E-state index contributed by atoms with van der Waals surface area (Å²) >= 11 is 9.67. The van der Waals surface area contributed by atoms with Crippen LogP contribution in [-0.2, 0) is 19.1 Å². The molecule has 0 saturated heterocycles. The Bertz CT molecular complexity index is 1030. The van der Waals surface area contributed by atoms with Crippen LogP contribution in [0.3, 0.4) is 0 Å². The van der Waals surface area contributed by atoms with Gasteiger partial charge in [0.1, 0.15) is 0 Å². The number of esters is 2. The predicted molar refractivity (Wildman–Crippen MR) is 115 cm³/mol. The number of rotatable bonds is 7. The molecule has 0 atom stereocenters. The van der Waals surface area contributed by atoms with E-state index in [1.54, 1.807) is 31.2 Å². The summed E-state index contributed by atoms with van der Waals surface area (Å²) in [6.07, 6.45) is 1.53. The number of hydrogen-bond donors (Lipinski definition) is 0. The van der Waals surface area contributed by atoms with Gasteiger partial charge in [-0.2, -0.15) is 0 Å². The van der Waals surface area contributed by atoms with E-state index in [0.717, 1.165) is 4.47 Å². The highest BCUT2D eigenvalue weighted by molar-refractivity contribution is 9.10. The molecule has 1 heterocycles. The highest BCUT2D eigenvalue weighted by atomic mass is 79.9. The van der Waals surface area contributed by atoms with Crippen molar-refractivity contribution in [3.8, 4) is 11.5 Å². The minimum Gasteiger partial charge on any atom is -0.490 e. The number of methoxy groups -OCH3 is 1. The maximum Gasteiger partial charge on any atom is 0.363 e. The van der Waals surface area contributed by atoms with Crippen molar-refractivity contribution in [3.05, 3.63) is 62.7 Å².